The highest BCUT2D eigenvalue weighted by atomic mass is 19.1. The molecule has 2 aromatic heterocycles. The molecule has 3 rings (SSSR count). The number of pyridine rings is 1. The third kappa shape index (κ3) is 2.96. The number of hydrogen-bond acceptors (Lipinski definition) is 5. The van der Waals surface area contributed by atoms with Crippen molar-refractivity contribution in [2.45, 2.75) is 6.10 Å². The van der Waals surface area contributed by atoms with Crippen LogP contribution in [0.25, 0.3) is 11.0 Å². The van der Waals surface area contributed by atoms with Gasteiger partial charge in [-0.15, -0.1) is 0 Å². The SMILES string of the molecule is COC(=O)C(OC(=O)c1ccnc2[nH]ccc12)c1cccc(F)c1. The fourth-order valence-corrected chi connectivity index (χ4v) is 2.34. The maximum Gasteiger partial charge on any atom is 0.351 e. The van der Waals surface area contributed by atoms with Crippen LogP contribution in [0.5, 0.6) is 0 Å². The van der Waals surface area contributed by atoms with Gasteiger partial charge in [-0.3, -0.25) is 0 Å². The molecule has 0 saturated carbocycles. The minimum Gasteiger partial charge on any atom is -0.466 e. The van der Waals surface area contributed by atoms with Gasteiger partial charge in [-0.25, -0.2) is 19.0 Å². The highest BCUT2D eigenvalue weighted by Crippen LogP contribution is 2.24. The number of halogens is 1. The number of methoxy groups -OCH3 is 1. The molecule has 7 heteroatoms. The van der Waals surface area contributed by atoms with Crippen LogP contribution in [0.2, 0.25) is 0 Å². The number of carbonyl (C=O) groups excluding carboxylic acids is 2. The summed E-state index contributed by atoms with van der Waals surface area (Å²) in [5, 5.41) is 0.561. The number of fused-ring (bicyclic) bond motifs is 1. The Labute approximate surface area is 136 Å². The van der Waals surface area contributed by atoms with Gasteiger partial charge in [0.05, 0.1) is 12.7 Å². The summed E-state index contributed by atoms with van der Waals surface area (Å²) in [6, 6.07) is 8.41. The van der Waals surface area contributed by atoms with Gasteiger partial charge in [-0.1, -0.05) is 12.1 Å². The molecule has 24 heavy (non-hydrogen) atoms. The summed E-state index contributed by atoms with van der Waals surface area (Å²) in [6.07, 6.45) is 1.73. The summed E-state index contributed by atoms with van der Waals surface area (Å²) in [5.74, 6) is -2.08. The van der Waals surface area contributed by atoms with Gasteiger partial charge < -0.3 is 14.5 Å². The summed E-state index contributed by atoms with van der Waals surface area (Å²) in [6.45, 7) is 0. The maximum atomic E-state index is 13.4. The van der Waals surface area contributed by atoms with Gasteiger partial charge in [0.2, 0.25) is 6.10 Å². The van der Waals surface area contributed by atoms with Crippen molar-refractivity contribution in [2.75, 3.05) is 7.11 Å². The zero-order valence-corrected chi connectivity index (χ0v) is 12.7. The monoisotopic (exact) mass is 328 g/mol. The molecule has 6 nitrogen and oxygen atoms in total. The smallest absolute Gasteiger partial charge is 0.351 e. The average molecular weight is 328 g/mol. The Kier molecular flexibility index (Phi) is 4.24. The van der Waals surface area contributed by atoms with Crippen molar-refractivity contribution in [1.29, 1.82) is 0 Å². The van der Waals surface area contributed by atoms with Gasteiger partial charge in [0.1, 0.15) is 11.5 Å². The molecule has 0 amide bonds. The summed E-state index contributed by atoms with van der Waals surface area (Å²) < 4.78 is 23.4. The lowest BCUT2D eigenvalue weighted by Gasteiger charge is -2.16. The zero-order chi connectivity index (χ0) is 17.1. The maximum absolute atomic E-state index is 13.4. The van der Waals surface area contributed by atoms with Crippen molar-refractivity contribution < 1.29 is 23.5 Å². The summed E-state index contributed by atoms with van der Waals surface area (Å²) >= 11 is 0. The van der Waals surface area contributed by atoms with Crippen molar-refractivity contribution in [3.05, 3.63) is 65.7 Å². The fraction of sp³-hybridized carbons (Fsp3) is 0.118. The second-order valence-electron chi connectivity index (χ2n) is 4.96. The van der Waals surface area contributed by atoms with Crippen LogP contribution in [0.1, 0.15) is 22.0 Å². The predicted molar refractivity (Wildman–Crippen MR) is 82.7 cm³/mol. The summed E-state index contributed by atoms with van der Waals surface area (Å²) in [4.78, 5) is 31.4. The van der Waals surface area contributed by atoms with E-state index in [9.17, 15) is 14.0 Å². The van der Waals surface area contributed by atoms with Crippen LogP contribution in [-0.4, -0.2) is 29.0 Å². The molecule has 0 fully saturated rings. The number of ether oxygens (including phenoxy) is 2. The van der Waals surface area contributed by atoms with Crippen molar-refractivity contribution in [2.24, 2.45) is 0 Å². The molecule has 1 unspecified atom stereocenters. The standard InChI is InChI=1S/C17H13FN2O4/c1-23-17(22)14(10-3-2-4-11(18)9-10)24-16(21)13-6-8-20-15-12(13)5-7-19-15/h2-9,14H,1H3,(H,19,20). The Balaban J connectivity index is 1.94. The van der Waals surface area contributed by atoms with Crippen LogP contribution in [-0.2, 0) is 14.3 Å². The van der Waals surface area contributed by atoms with E-state index in [-0.39, 0.29) is 11.1 Å². The van der Waals surface area contributed by atoms with Gasteiger partial charge in [-0.05, 0) is 24.3 Å². The van der Waals surface area contributed by atoms with Crippen LogP contribution in [0.4, 0.5) is 4.39 Å². The summed E-state index contributed by atoms with van der Waals surface area (Å²) in [5.41, 5.74) is 0.950. The number of nitrogens with one attached hydrogen (secondary N) is 1. The topological polar surface area (TPSA) is 81.3 Å². The molecule has 3 aromatic rings. The molecule has 1 aromatic carbocycles. The fourth-order valence-electron chi connectivity index (χ4n) is 2.34. The van der Waals surface area contributed by atoms with Gasteiger partial charge >= 0.3 is 11.9 Å². The molecule has 0 aliphatic carbocycles. The van der Waals surface area contributed by atoms with Crippen molar-refractivity contribution in [3.63, 3.8) is 0 Å². The molecular formula is C17H13FN2O4. The molecule has 1 atom stereocenters. The molecule has 2 heterocycles. The lowest BCUT2D eigenvalue weighted by atomic mass is 10.1. The molecule has 0 radical (unpaired) electrons. The Bertz CT molecular complexity index is 906. The number of benzene rings is 1. The first-order chi connectivity index (χ1) is 11.6. The number of carbonyl (C=O) groups is 2. The van der Waals surface area contributed by atoms with Crippen LogP contribution in [0.15, 0.2) is 48.8 Å². The number of aromatic amines is 1. The van der Waals surface area contributed by atoms with E-state index >= 15 is 0 Å². The first kappa shape index (κ1) is 15.7. The highest BCUT2D eigenvalue weighted by molar-refractivity contribution is 6.03. The van der Waals surface area contributed by atoms with Gasteiger partial charge in [0.15, 0.2) is 0 Å². The molecule has 0 aliphatic rings. The molecular weight excluding hydrogens is 315 g/mol. The Morgan fingerprint density at radius 2 is 2.08 bits per heavy atom. The van der Waals surface area contributed by atoms with E-state index in [1.165, 1.54) is 37.6 Å². The Morgan fingerprint density at radius 1 is 1.25 bits per heavy atom. The van der Waals surface area contributed by atoms with E-state index in [1.807, 2.05) is 0 Å². The number of hydrogen-bond donors (Lipinski definition) is 1. The largest absolute Gasteiger partial charge is 0.466 e. The Hall–Kier alpha value is -3.22. The number of nitrogens with zero attached hydrogens (tertiary/aromatic N) is 1. The second-order valence-corrected chi connectivity index (χ2v) is 4.96. The van der Waals surface area contributed by atoms with Crippen LogP contribution in [0, 0.1) is 5.82 Å². The lowest BCUT2D eigenvalue weighted by Crippen LogP contribution is -2.21. The third-order valence-electron chi connectivity index (χ3n) is 3.47. The lowest BCUT2D eigenvalue weighted by molar-refractivity contribution is -0.151. The quantitative estimate of drug-likeness (QED) is 0.745. The van der Waals surface area contributed by atoms with Crippen molar-refractivity contribution in [1.82, 2.24) is 9.97 Å². The van der Waals surface area contributed by atoms with Crippen LogP contribution >= 0.6 is 0 Å². The minimum atomic E-state index is -1.36. The van der Waals surface area contributed by atoms with E-state index in [0.717, 1.165) is 6.07 Å². The van der Waals surface area contributed by atoms with Crippen molar-refractivity contribution in [3.8, 4) is 0 Å². The van der Waals surface area contributed by atoms with E-state index in [1.54, 1.807) is 12.3 Å². The highest BCUT2D eigenvalue weighted by Gasteiger charge is 2.27. The second kappa shape index (κ2) is 6.49. The number of esters is 2. The van der Waals surface area contributed by atoms with Crippen molar-refractivity contribution >= 4 is 23.0 Å². The first-order valence-corrected chi connectivity index (χ1v) is 7.06. The first-order valence-electron chi connectivity index (χ1n) is 7.06. The van der Waals surface area contributed by atoms with Gasteiger partial charge in [0, 0.05) is 23.3 Å². The third-order valence-corrected chi connectivity index (χ3v) is 3.47. The number of H-pyrrole nitrogens is 1. The molecule has 0 saturated heterocycles. The molecule has 0 spiro atoms. The summed E-state index contributed by atoms with van der Waals surface area (Å²) in [7, 11) is 1.17. The molecule has 0 aliphatic heterocycles. The van der Waals surface area contributed by atoms with E-state index in [2.05, 4.69) is 14.7 Å². The normalized spacial score (nSPS) is 11.9. The molecule has 1 N–H and O–H groups in total. The van der Waals surface area contributed by atoms with E-state index in [4.69, 9.17) is 4.74 Å². The average Bonchev–Trinajstić information content (AvgIpc) is 3.07. The molecule has 122 valence electrons. The zero-order valence-electron chi connectivity index (χ0n) is 12.7. The van der Waals surface area contributed by atoms with Gasteiger partial charge in [0.25, 0.3) is 0 Å². The predicted octanol–water partition coefficient (Wildman–Crippen LogP) is 2.77. The Morgan fingerprint density at radius 3 is 2.83 bits per heavy atom. The number of rotatable bonds is 4. The minimum absolute atomic E-state index is 0.189. The van der Waals surface area contributed by atoms with Gasteiger partial charge in [-0.2, -0.15) is 0 Å². The molecule has 0 bridgehead atoms. The van der Waals surface area contributed by atoms with Crippen LogP contribution in [0.3, 0.4) is 0 Å². The van der Waals surface area contributed by atoms with Crippen LogP contribution < -0.4 is 0 Å². The number of aromatic nitrogens is 2. The van der Waals surface area contributed by atoms with E-state index < -0.39 is 23.9 Å². The van der Waals surface area contributed by atoms with E-state index in [0.29, 0.717) is 11.0 Å².